The first-order valence-electron chi connectivity index (χ1n) is 7.26. The van der Waals surface area contributed by atoms with Crippen molar-refractivity contribution < 1.29 is 14.6 Å². The summed E-state index contributed by atoms with van der Waals surface area (Å²) in [5.74, 6) is 0. The first-order valence-corrected chi connectivity index (χ1v) is 7.26. The predicted octanol–water partition coefficient (Wildman–Crippen LogP) is 2.97. The number of carbonyl (C=O) groups is 1. The summed E-state index contributed by atoms with van der Waals surface area (Å²) in [4.78, 5) is 13.8. The molecule has 0 radical (unpaired) electrons. The fourth-order valence-electron chi connectivity index (χ4n) is 2.34. The molecule has 2 atom stereocenters. The van der Waals surface area contributed by atoms with Crippen LogP contribution >= 0.6 is 0 Å². The van der Waals surface area contributed by atoms with Crippen LogP contribution in [0.4, 0.5) is 4.79 Å². The van der Waals surface area contributed by atoms with Gasteiger partial charge in [-0.2, -0.15) is 0 Å². The van der Waals surface area contributed by atoms with Gasteiger partial charge < -0.3 is 9.84 Å². The highest BCUT2D eigenvalue weighted by Crippen LogP contribution is 2.23. The van der Waals surface area contributed by atoms with Gasteiger partial charge in [-0.05, 0) is 32.8 Å². The number of nitrogens with zero attached hydrogens (tertiary/aromatic N) is 1. The van der Waals surface area contributed by atoms with Gasteiger partial charge in [0.05, 0.1) is 6.04 Å². The standard InChI is InChI=1S/C17H23NO3/c1-17(2,3)21-16(20)18-12-8-11-14(18)15(19)13-9-6-4-5-7-10-13/h4-6,8-11,14-15,19H,7,12H2,1-3H3. The zero-order valence-corrected chi connectivity index (χ0v) is 12.8. The maximum atomic E-state index is 12.2. The molecular weight excluding hydrogens is 266 g/mol. The Labute approximate surface area is 126 Å². The van der Waals surface area contributed by atoms with E-state index >= 15 is 0 Å². The smallest absolute Gasteiger partial charge is 0.411 e. The molecule has 0 spiro atoms. The van der Waals surface area contributed by atoms with E-state index in [-0.39, 0.29) is 6.04 Å². The molecule has 2 aliphatic rings. The number of hydrogen-bond acceptors (Lipinski definition) is 3. The van der Waals surface area contributed by atoms with Crippen molar-refractivity contribution in [3.63, 3.8) is 0 Å². The summed E-state index contributed by atoms with van der Waals surface area (Å²) in [5.41, 5.74) is 0.283. The molecule has 0 aromatic heterocycles. The SMILES string of the molecule is CC(C)(C)OC(=O)N1CC=CC1C(O)C1=CCC=CC=C1. The van der Waals surface area contributed by atoms with Crippen LogP contribution in [0.15, 0.2) is 48.1 Å². The van der Waals surface area contributed by atoms with Crippen LogP contribution in [0.1, 0.15) is 27.2 Å². The van der Waals surface area contributed by atoms with E-state index < -0.39 is 17.8 Å². The third-order valence-corrected chi connectivity index (χ3v) is 3.31. The highest BCUT2D eigenvalue weighted by atomic mass is 16.6. The summed E-state index contributed by atoms with van der Waals surface area (Å²) < 4.78 is 5.40. The normalized spacial score (nSPS) is 23.0. The van der Waals surface area contributed by atoms with Crippen LogP contribution < -0.4 is 0 Å². The highest BCUT2D eigenvalue weighted by molar-refractivity contribution is 5.70. The van der Waals surface area contributed by atoms with Gasteiger partial charge in [-0.15, -0.1) is 0 Å². The summed E-state index contributed by atoms with van der Waals surface area (Å²) >= 11 is 0. The molecule has 2 rings (SSSR count). The van der Waals surface area contributed by atoms with Gasteiger partial charge in [0.15, 0.2) is 0 Å². The molecule has 4 heteroatoms. The van der Waals surface area contributed by atoms with Crippen molar-refractivity contribution in [1.29, 1.82) is 0 Å². The minimum Gasteiger partial charge on any atom is -0.444 e. The molecule has 0 saturated heterocycles. The molecule has 1 aliphatic carbocycles. The maximum Gasteiger partial charge on any atom is 0.411 e. The number of hydrogen-bond donors (Lipinski definition) is 1. The van der Waals surface area contributed by atoms with Crippen LogP contribution in [0.5, 0.6) is 0 Å². The van der Waals surface area contributed by atoms with Crippen molar-refractivity contribution in [3.05, 3.63) is 48.1 Å². The average Bonchev–Trinajstić information content (AvgIpc) is 2.71. The van der Waals surface area contributed by atoms with Crippen molar-refractivity contribution >= 4 is 6.09 Å². The summed E-state index contributed by atoms with van der Waals surface area (Å²) in [7, 11) is 0. The lowest BCUT2D eigenvalue weighted by molar-refractivity contribution is 0.0138. The summed E-state index contributed by atoms with van der Waals surface area (Å²) in [5, 5.41) is 10.6. The largest absolute Gasteiger partial charge is 0.444 e. The Kier molecular flexibility index (Phi) is 4.68. The van der Waals surface area contributed by atoms with Crippen LogP contribution in [-0.2, 0) is 4.74 Å². The van der Waals surface area contributed by atoms with Gasteiger partial charge in [0.1, 0.15) is 11.7 Å². The summed E-state index contributed by atoms with van der Waals surface area (Å²) in [6.45, 7) is 5.97. The number of aliphatic hydroxyl groups is 1. The monoisotopic (exact) mass is 289 g/mol. The van der Waals surface area contributed by atoms with Gasteiger partial charge >= 0.3 is 6.09 Å². The Bertz CT molecular complexity index is 509. The Hall–Kier alpha value is -1.81. The number of ether oxygens (including phenoxy) is 1. The van der Waals surface area contributed by atoms with Gasteiger partial charge in [0.25, 0.3) is 0 Å². The number of rotatable bonds is 2. The van der Waals surface area contributed by atoms with Crippen LogP contribution in [-0.4, -0.2) is 40.4 Å². The number of allylic oxidation sites excluding steroid dienone is 4. The molecule has 4 nitrogen and oxygen atoms in total. The fourth-order valence-corrected chi connectivity index (χ4v) is 2.34. The molecule has 0 bridgehead atoms. The second-order valence-corrected chi connectivity index (χ2v) is 6.22. The minimum absolute atomic E-state index is 0.381. The predicted molar refractivity (Wildman–Crippen MR) is 82.9 cm³/mol. The van der Waals surface area contributed by atoms with Crippen molar-refractivity contribution in [1.82, 2.24) is 4.90 Å². The van der Waals surface area contributed by atoms with Gasteiger partial charge in [-0.3, -0.25) is 4.90 Å². The molecule has 1 aliphatic heterocycles. The van der Waals surface area contributed by atoms with Crippen molar-refractivity contribution in [2.45, 2.75) is 44.9 Å². The van der Waals surface area contributed by atoms with Crippen LogP contribution in [0.2, 0.25) is 0 Å². The maximum absolute atomic E-state index is 12.2. The number of carbonyl (C=O) groups excluding carboxylic acids is 1. The molecule has 21 heavy (non-hydrogen) atoms. The van der Waals surface area contributed by atoms with E-state index in [4.69, 9.17) is 4.74 Å². The lowest BCUT2D eigenvalue weighted by Gasteiger charge is -2.31. The Balaban J connectivity index is 2.09. The van der Waals surface area contributed by atoms with Gasteiger partial charge in [0, 0.05) is 6.54 Å². The molecule has 0 fully saturated rings. The van der Waals surface area contributed by atoms with E-state index in [1.165, 1.54) is 0 Å². The second-order valence-electron chi connectivity index (χ2n) is 6.22. The molecule has 0 saturated carbocycles. The third-order valence-electron chi connectivity index (χ3n) is 3.31. The lowest BCUT2D eigenvalue weighted by atomic mass is 10.0. The Morgan fingerprint density at radius 2 is 2.14 bits per heavy atom. The zero-order chi connectivity index (χ0) is 15.5. The second kappa shape index (κ2) is 6.31. The molecule has 2 unspecified atom stereocenters. The fraction of sp³-hybridized carbons (Fsp3) is 0.471. The third kappa shape index (κ3) is 4.08. The van der Waals surface area contributed by atoms with Crippen LogP contribution in [0.25, 0.3) is 0 Å². The molecule has 1 N–H and O–H groups in total. The van der Waals surface area contributed by atoms with Crippen molar-refractivity contribution in [2.24, 2.45) is 0 Å². The quantitative estimate of drug-likeness (QED) is 0.795. The molecule has 0 aromatic rings. The lowest BCUT2D eigenvalue weighted by Crippen LogP contribution is -2.45. The topological polar surface area (TPSA) is 49.8 Å². The van der Waals surface area contributed by atoms with Crippen LogP contribution in [0.3, 0.4) is 0 Å². The summed E-state index contributed by atoms with van der Waals surface area (Å²) in [6, 6.07) is -0.381. The van der Waals surface area contributed by atoms with Gasteiger partial charge in [0.2, 0.25) is 0 Å². The van der Waals surface area contributed by atoms with Gasteiger partial charge in [-0.25, -0.2) is 4.79 Å². The van der Waals surface area contributed by atoms with Crippen LogP contribution in [0, 0.1) is 0 Å². The average molecular weight is 289 g/mol. The van der Waals surface area contributed by atoms with E-state index in [0.29, 0.717) is 6.54 Å². The first-order chi connectivity index (χ1) is 9.88. The highest BCUT2D eigenvalue weighted by Gasteiger charge is 2.34. The Morgan fingerprint density at radius 1 is 1.38 bits per heavy atom. The van der Waals surface area contributed by atoms with Crippen molar-refractivity contribution in [3.8, 4) is 0 Å². The van der Waals surface area contributed by atoms with E-state index in [1.807, 2.05) is 63.3 Å². The van der Waals surface area contributed by atoms with E-state index in [2.05, 4.69) is 0 Å². The Morgan fingerprint density at radius 3 is 2.86 bits per heavy atom. The first kappa shape index (κ1) is 15.6. The molecule has 0 aromatic carbocycles. The van der Waals surface area contributed by atoms with E-state index in [1.54, 1.807) is 4.90 Å². The molecular formula is C17H23NO3. The summed E-state index contributed by atoms with van der Waals surface area (Å²) in [6.07, 6.45) is 13.1. The number of aliphatic hydroxyl groups excluding tert-OH is 1. The molecule has 1 heterocycles. The molecule has 1 amide bonds. The minimum atomic E-state index is -0.743. The van der Waals surface area contributed by atoms with Crippen molar-refractivity contribution in [2.75, 3.05) is 6.54 Å². The van der Waals surface area contributed by atoms with E-state index in [9.17, 15) is 9.90 Å². The zero-order valence-electron chi connectivity index (χ0n) is 12.8. The number of amides is 1. The molecule has 114 valence electrons. The van der Waals surface area contributed by atoms with E-state index in [0.717, 1.165) is 12.0 Å². The van der Waals surface area contributed by atoms with Gasteiger partial charge in [-0.1, -0.05) is 42.5 Å².